The number of hydrogen-bond donors (Lipinski definition) is 5. The van der Waals surface area contributed by atoms with Crippen molar-refractivity contribution < 1.29 is 43.3 Å². The number of rotatable bonds is 3. The monoisotopic (exact) mass is 262 g/mol. The van der Waals surface area contributed by atoms with Gasteiger partial charge in [0.05, 0.1) is 0 Å². The molecule has 0 aromatic rings. The van der Waals surface area contributed by atoms with Gasteiger partial charge in [0.15, 0.2) is 6.29 Å². The van der Waals surface area contributed by atoms with E-state index in [1.165, 1.54) is 0 Å². The fourth-order valence-electron chi connectivity index (χ4n) is 1.27. The van der Waals surface area contributed by atoms with Crippen LogP contribution in [-0.4, -0.2) is 62.5 Å². The van der Waals surface area contributed by atoms with Crippen LogP contribution in [0.2, 0.25) is 0 Å². The molecular weight excluding hydrogens is 250 g/mol. The van der Waals surface area contributed by atoms with E-state index < -0.39 is 45.2 Å². The third-order valence-electron chi connectivity index (χ3n) is 2.06. The average Bonchev–Trinajstić information content (AvgIpc) is 2.17. The molecule has 0 aliphatic carbocycles. The van der Waals surface area contributed by atoms with Crippen molar-refractivity contribution in [3.8, 4) is 0 Å². The third-order valence-corrected chi connectivity index (χ3v) is 2.54. The molecule has 5 N–H and O–H groups in total. The lowest BCUT2D eigenvalue weighted by atomic mass is 10.00. The minimum Gasteiger partial charge on any atom is -0.387 e. The van der Waals surface area contributed by atoms with Gasteiger partial charge in [-0.15, -0.1) is 0 Å². The minimum absolute atomic E-state index is 1.20. The number of ether oxygens (including phenoxy) is 1. The molecule has 1 fully saturated rings. The molecule has 1 saturated heterocycles. The molecule has 96 valence electrons. The first-order chi connectivity index (χ1) is 7.26. The van der Waals surface area contributed by atoms with Gasteiger partial charge < -0.3 is 29.8 Å². The second-order valence-corrected chi connectivity index (χ2v) is 4.46. The Morgan fingerprint density at radius 1 is 1.19 bits per heavy atom. The van der Waals surface area contributed by atoms with Crippen LogP contribution in [0.25, 0.3) is 0 Å². The predicted molar refractivity (Wildman–Crippen MR) is 45.8 cm³/mol. The Balaban J connectivity index is 2.75. The fourth-order valence-corrected chi connectivity index (χ4v) is 1.71. The molecule has 5 atom stereocenters. The zero-order valence-corrected chi connectivity index (χ0v) is 8.77. The van der Waals surface area contributed by atoms with Crippen LogP contribution in [0.4, 0.5) is 4.39 Å². The molecule has 0 spiro atoms. The highest BCUT2D eigenvalue weighted by Crippen LogP contribution is 2.40. The van der Waals surface area contributed by atoms with Crippen molar-refractivity contribution >= 4 is 7.82 Å². The van der Waals surface area contributed by atoms with Gasteiger partial charge in [0.25, 0.3) is 0 Å². The number of phosphoric ester groups is 1. The average molecular weight is 262 g/mol. The Morgan fingerprint density at radius 3 is 2.19 bits per heavy atom. The molecule has 1 rings (SSSR count). The van der Waals surface area contributed by atoms with Crippen molar-refractivity contribution in [1.82, 2.24) is 0 Å². The van der Waals surface area contributed by atoms with Gasteiger partial charge in [-0.05, 0) is 0 Å². The van der Waals surface area contributed by atoms with E-state index in [9.17, 15) is 24.3 Å². The van der Waals surface area contributed by atoms with Crippen molar-refractivity contribution in [2.45, 2.75) is 30.7 Å². The summed E-state index contributed by atoms with van der Waals surface area (Å²) in [6.45, 7) is -1.20. The third kappa shape index (κ3) is 3.19. The largest absolute Gasteiger partial charge is 0.472 e. The Morgan fingerprint density at radius 2 is 1.75 bits per heavy atom. The molecule has 0 aromatic heterocycles. The van der Waals surface area contributed by atoms with Crippen molar-refractivity contribution in [2.75, 3.05) is 6.67 Å². The Bertz CT molecular complexity index is 280. The van der Waals surface area contributed by atoms with E-state index >= 15 is 0 Å². The molecule has 0 bridgehead atoms. The van der Waals surface area contributed by atoms with E-state index in [2.05, 4.69) is 9.26 Å². The number of halogens is 1. The second kappa shape index (κ2) is 5.03. The maximum atomic E-state index is 12.3. The SMILES string of the molecule is O=P(O)(O)OC1O[C@@H](CF)[C@@H](O)[C@@H](O)[C@@H]1O. The van der Waals surface area contributed by atoms with Crippen LogP contribution in [0.3, 0.4) is 0 Å². The highest BCUT2D eigenvalue weighted by Gasteiger charge is 2.46. The summed E-state index contributed by atoms with van der Waals surface area (Å²) in [7, 11) is -4.95. The molecule has 0 aromatic carbocycles. The summed E-state index contributed by atoms with van der Waals surface area (Å²) >= 11 is 0. The first kappa shape index (κ1) is 13.9. The number of aliphatic hydroxyl groups excluding tert-OH is 3. The Kier molecular flexibility index (Phi) is 4.38. The van der Waals surface area contributed by atoms with Crippen LogP contribution >= 0.6 is 7.82 Å². The maximum absolute atomic E-state index is 12.3. The van der Waals surface area contributed by atoms with Crippen LogP contribution in [-0.2, 0) is 13.8 Å². The van der Waals surface area contributed by atoms with Crippen LogP contribution in [0.5, 0.6) is 0 Å². The Labute approximate surface area is 89.5 Å². The summed E-state index contributed by atoms with van der Waals surface area (Å²) in [6, 6.07) is 0. The van der Waals surface area contributed by atoms with Crippen LogP contribution in [0.15, 0.2) is 0 Å². The lowest BCUT2D eigenvalue weighted by molar-refractivity contribution is -0.277. The quantitative estimate of drug-likeness (QED) is 0.364. The van der Waals surface area contributed by atoms with E-state index in [1.54, 1.807) is 0 Å². The molecule has 0 radical (unpaired) electrons. The van der Waals surface area contributed by atoms with Gasteiger partial charge in [-0.25, -0.2) is 8.96 Å². The van der Waals surface area contributed by atoms with E-state index in [1.807, 2.05) is 0 Å². The molecule has 0 amide bonds. The molecule has 1 heterocycles. The molecule has 10 heteroatoms. The molecule has 16 heavy (non-hydrogen) atoms. The summed E-state index contributed by atoms with van der Waals surface area (Å²) < 4.78 is 31.3. The van der Waals surface area contributed by atoms with Gasteiger partial charge in [0.1, 0.15) is 31.1 Å². The summed E-state index contributed by atoms with van der Waals surface area (Å²) in [6.07, 6.45) is -8.82. The highest BCUT2D eigenvalue weighted by atomic mass is 31.2. The zero-order chi connectivity index (χ0) is 12.5. The highest BCUT2D eigenvalue weighted by molar-refractivity contribution is 7.46. The summed E-state index contributed by atoms with van der Waals surface area (Å²) in [5.41, 5.74) is 0. The van der Waals surface area contributed by atoms with Gasteiger partial charge in [-0.3, -0.25) is 4.52 Å². The maximum Gasteiger partial charge on any atom is 0.472 e. The van der Waals surface area contributed by atoms with Crippen molar-refractivity contribution in [1.29, 1.82) is 0 Å². The lowest BCUT2D eigenvalue weighted by Gasteiger charge is -2.38. The summed E-state index contributed by atoms with van der Waals surface area (Å²) in [5, 5.41) is 27.7. The van der Waals surface area contributed by atoms with Gasteiger partial charge in [-0.2, -0.15) is 0 Å². The first-order valence-electron chi connectivity index (χ1n) is 4.26. The van der Waals surface area contributed by atoms with Crippen molar-refractivity contribution in [2.24, 2.45) is 0 Å². The number of alkyl halides is 1. The number of phosphoric acid groups is 1. The fraction of sp³-hybridized carbons (Fsp3) is 1.00. The second-order valence-electron chi connectivity index (χ2n) is 3.26. The summed E-state index contributed by atoms with van der Waals surface area (Å²) in [4.78, 5) is 16.9. The lowest BCUT2D eigenvalue weighted by Crippen LogP contribution is -2.58. The molecule has 8 nitrogen and oxygen atoms in total. The van der Waals surface area contributed by atoms with E-state index in [0.29, 0.717) is 0 Å². The smallest absolute Gasteiger partial charge is 0.387 e. The van der Waals surface area contributed by atoms with E-state index in [0.717, 1.165) is 0 Å². The minimum atomic E-state index is -4.95. The predicted octanol–water partition coefficient (Wildman–Crippen LogP) is -2.13. The van der Waals surface area contributed by atoms with Gasteiger partial charge in [-0.1, -0.05) is 0 Å². The normalized spacial score (nSPS) is 41.0. The number of hydrogen-bond acceptors (Lipinski definition) is 6. The van der Waals surface area contributed by atoms with Gasteiger partial charge in [0.2, 0.25) is 0 Å². The van der Waals surface area contributed by atoms with Gasteiger partial charge >= 0.3 is 7.82 Å². The first-order valence-corrected chi connectivity index (χ1v) is 5.79. The molecule has 1 aliphatic rings. The zero-order valence-electron chi connectivity index (χ0n) is 7.88. The molecule has 0 saturated carbocycles. The van der Waals surface area contributed by atoms with E-state index in [-0.39, 0.29) is 0 Å². The van der Waals surface area contributed by atoms with E-state index in [4.69, 9.17) is 9.79 Å². The summed E-state index contributed by atoms with van der Waals surface area (Å²) in [5.74, 6) is 0. The van der Waals surface area contributed by atoms with Crippen LogP contribution in [0.1, 0.15) is 0 Å². The van der Waals surface area contributed by atoms with Crippen molar-refractivity contribution in [3.05, 3.63) is 0 Å². The molecule has 1 unspecified atom stereocenters. The number of aliphatic hydroxyl groups is 3. The molecule has 1 aliphatic heterocycles. The van der Waals surface area contributed by atoms with Gasteiger partial charge in [0, 0.05) is 0 Å². The topological polar surface area (TPSA) is 137 Å². The Hall–Kier alpha value is -0.120. The van der Waals surface area contributed by atoms with Crippen LogP contribution < -0.4 is 0 Å². The van der Waals surface area contributed by atoms with Crippen molar-refractivity contribution in [3.63, 3.8) is 0 Å². The molecular formula is C6H12FO8P. The standard InChI is InChI=1S/C6H12FO8P/c7-1-2-3(8)4(9)5(10)6(14-2)15-16(11,12)13/h2-6,8-10H,1H2,(H2,11,12,13)/t2-,3+,4+,5-,6?/m0/s1. The van der Waals surface area contributed by atoms with Crippen LogP contribution in [0, 0.1) is 0 Å².